The molecule has 2 aromatic carbocycles. The molecule has 0 bridgehead atoms. The number of nitrogens with one attached hydrogen (secondary N) is 2. The molecule has 0 heterocycles. The van der Waals surface area contributed by atoms with E-state index >= 15 is 0 Å². The van der Waals surface area contributed by atoms with Gasteiger partial charge in [-0.05, 0) is 76.9 Å². The van der Waals surface area contributed by atoms with Crippen LogP contribution in [0.1, 0.15) is 58.7 Å². The van der Waals surface area contributed by atoms with Gasteiger partial charge in [0.25, 0.3) is 0 Å². The number of alkyl carbamates (subject to hydrolysis) is 1. The summed E-state index contributed by atoms with van der Waals surface area (Å²) >= 11 is 0. The number of hydrogen-bond acceptors (Lipinski definition) is 8. The summed E-state index contributed by atoms with van der Waals surface area (Å²) in [5.41, 5.74) is -0.910. The highest BCUT2D eigenvalue weighted by Crippen LogP contribution is 2.32. The van der Waals surface area contributed by atoms with Gasteiger partial charge in [-0.25, -0.2) is 4.79 Å². The van der Waals surface area contributed by atoms with Crippen LogP contribution in [0.3, 0.4) is 0 Å². The van der Waals surface area contributed by atoms with E-state index in [2.05, 4.69) is 15.4 Å². The van der Waals surface area contributed by atoms with Crippen LogP contribution in [-0.4, -0.2) is 69.8 Å². The Labute approximate surface area is 234 Å². The van der Waals surface area contributed by atoms with Crippen LogP contribution in [0, 0.1) is 0 Å². The third-order valence-corrected chi connectivity index (χ3v) is 5.65. The minimum Gasteiger partial charge on any atom is -0.508 e. The van der Waals surface area contributed by atoms with Crippen molar-refractivity contribution in [1.29, 1.82) is 0 Å². The van der Waals surface area contributed by atoms with Crippen LogP contribution in [0.2, 0.25) is 0 Å². The fourth-order valence-electron chi connectivity index (χ4n) is 3.97. The third-order valence-electron chi connectivity index (χ3n) is 5.65. The number of amides is 3. The Bertz CT molecular complexity index is 1200. The van der Waals surface area contributed by atoms with E-state index in [1.165, 1.54) is 42.3 Å². The van der Waals surface area contributed by atoms with E-state index in [0.717, 1.165) is 0 Å². The van der Waals surface area contributed by atoms with Crippen molar-refractivity contribution in [3.05, 3.63) is 59.7 Å². The summed E-state index contributed by atoms with van der Waals surface area (Å²) in [6, 6.07) is 9.54. The number of ether oxygens (including phenoxy) is 2. The maximum atomic E-state index is 14.3. The monoisotopic (exact) mass is 557 g/mol. The standard InChI is InChI=1S/C29H39N3O8/c1-28(2,3)32(24(19-9-8-10-21(34)16-19)25(36)30-17-23(35)39-7)26(37)22(31-27(38)40-29(4,5)6)15-18-11-13-20(33)14-12-18/h8-14,16,22,24,33-34H,15,17H2,1-7H3,(H,30,36)(H,31,38). The molecule has 0 saturated heterocycles. The fraction of sp³-hybridized carbons (Fsp3) is 0.448. The van der Waals surface area contributed by atoms with Crippen LogP contribution < -0.4 is 10.6 Å². The highest BCUT2D eigenvalue weighted by Gasteiger charge is 2.42. The van der Waals surface area contributed by atoms with Crippen LogP contribution in [0.25, 0.3) is 0 Å². The Hall–Kier alpha value is -4.28. The quantitative estimate of drug-likeness (QED) is 0.343. The number of phenols is 2. The zero-order valence-electron chi connectivity index (χ0n) is 24.0. The molecule has 0 aliphatic carbocycles. The summed E-state index contributed by atoms with van der Waals surface area (Å²) in [6.45, 7) is 9.79. The molecule has 0 spiro atoms. The van der Waals surface area contributed by atoms with E-state index in [4.69, 9.17) is 4.74 Å². The van der Waals surface area contributed by atoms with Crippen molar-refractivity contribution in [3.63, 3.8) is 0 Å². The highest BCUT2D eigenvalue weighted by atomic mass is 16.6. The first-order valence-electron chi connectivity index (χ1n) is 12.8. The largest absolute Gasteiger partial charge is 0.508 e. The molecule has 4 N–H and O–H groups in total. The average Bonchev–Trinajstić information content (AvgIpc) is 2.84. The Morgan fingerprint density at radius 3 is 2.08 bits per heavy atom. The molecule has 0 fully saturated rings. The predicted molar refractivity (Wildman–Crippen MR) is 147 cm³/mol. The number of rotatable bonds is 9. The SMILES string of the molecule is COC(=O)CNC(=O)C(c1cccc(O)c1)N(C(=O)C(Cc1ccc(O)cc1)NC(=O)OC(C)(C)C)C(C)(C)C. The van der Waals surface area contributed by atoms with Gasteiger partial charge in [0.05, 0.1) is 7.11 Å². The van der Waals surface area contributed by atoms with E-state index < -0.39 is 53.6 Å². The summed E-state index contributed by atoms with van der Waals surface area (Å²) in [6.07, 6.45) is -0.816. The first kappa shape index (κ1) is 31.9. The van der Waals surface area contributed by atoms with Crippen LogP contribution in [0.5, 0.6) is 11.5 Å². The number of carbonyl (C=O) groups excluding carboxylic acids is 4. The predicted octanol–water partition coefficient (Wildman–Crippen LogP) is 3.19. The van der Waals surface area contributed by atoms with Gasteiger partial charge in [-0.3, -0.25) is 14.4 Å². The number of methoxy groups -OCH3 is 1. The molecule has 0 aromatic heterocycles. The van der Waals surface area contributed by atoms with Gasteiger partial charge in [0, 0.05) is 12.0 Å². The van der Waals surface area contributed by atoms with E-state index in [0.29, 0.717) is 5.56 Å². The van der Waals surface area contributed by atoms with Crippen molar-refractivity contribution in [2.45, 2.75) is 71.2 Å². The molecule has 218 valence electrons. The molecule has 3 amide bonds. The normalized spacial score (nSPS) is 13.0. The summed E-state index contributed by atoms with van der Waals surface area (Å²) in [7, 11) is 1.18. The minimum atomic E-state index is -1.30. The Kier molecular flexibility index (Phi) is 10.5. The lowest BCUT2D eigenvalue weighted by Gasteiger charge is -2.43. The average molecular weight is 558 g/mol. The van der Waals surface area contributed by atoms with Gasteiger partial charge in [-0.15, -0.1) is 0 Å². The molecule has 2 aromatic rings. The van der Waals surface area contributed by atoms with Gasteiger partial charge in [-0.2, -0.15) is 0 Å². The van der Waals surface area contributed by atoms with Crippen molar-refractivity contribution in [2.24, 2.45) is 0 Å². The molecule has 2 unspecified atom stereocenters. The molecular weight excluding hydrogens is 518 g/mol. The number of esters is 1. The van der Waals surface area contributed by atoms with Gasteiger partial charge < -0.3 is 35.2 Å². The van der Waals surface area contributed by atoms with Crippen molar-refractivity contribution < 1.29 is 38.9 Å². The second-order valence-electron chi connectivity index (χ2n) is 11.2. The van der Waals surface area contributed by atoms with Gasteiger partial charge in [0.1, 0.15) is 35.7 Å². The molecule has 0 aliphatic heterocycles. The zero-order chi connectivity index (χ0) is 30.3. The molecule has 40 heavy (non-hydrogen) atoms. The maximum absolute atomic E-state index is 14.3. The first-order valence-corrected chi connectivity index (χ1v) is 12.8. The van der Waals surface area contributed by atoms with Gasteiger partial charge >= 0.3 is 12.1 Å². The van der Waals surface area contributed by atoms with Crippen LogP contribution in [0.4, 0.5) is 4.79 Å². The van der Waals surface area contributed by atoms with E-state index in [1.54, 1.807) is 59.7 Å². The van der Waals surface area contributed by atoms with Crippen molar-refractivity contribution >= 4 is 23.9 Å². The lowest BCUT2D eigenvalue weighted by Crippen LogP contribution is -2.59. The second kappa shape index (κ2) is 13.2. The van der Waals surface area contributed by atoms with E-state index in [9.17, 15) is 29.4 Å². The summed E-state index contributed by atoms with van der Waals surface area (Å²) in [5.74, 6) is -2.09. The Morgan fingerprint density at radius 1 is 0.925 bits per heavy atom. The maximum Gasteiger partial charge on any atom is 0.408 e. The highest BCUT2D eigenvalue weighted by molar-refractivity contribution is 5.93. The van der Waals surface area contributed by atoms with Crippen LogP contribution in [-0.2, 0) is 30.3 Å². The molecule has 0 radical (unpaired) electrons. The van der Waals surface area contributed by atoms with Gasteiger partial charge in [0.15, 0.2) is 0 Å². The molecule has 2 atom stereocenters. The van der Waals surface area contributed by atoms with Gasteiger partial charge in [-0.1, -0.05) is 24.3 Å². The molecule has 11 heteroatoms. The molecule has 2 rings (SSSR count). The zero-order valence-corrected chi connectivity index (χ0v) is 24.0. The van der Waals surface area contributed by atoms with Crippen LogP contribution in [0.15, 0.2) is 48.5 Å². The number of aromatic hydroxyl groups is 2. The van der Waals surface area contributed by atoms with Crippen molar-refractivity contribution in [3.8, 4) is 11.5 Å². The molecule has 0 aliphatic rings. The lowest BCUT2D eigenvalue weighted by atomic mass is 9.94. The molecular formula is C29H39N3O8. The summed E-state index contributed by atoms with van der Waals surface area (Å²) in [5, 5.41) is 25.0. The second-order valence-corrected chi connectivity index (χ2v) is 11.2. The lowest BCUT2D eigenvalue weighted by molar-refractivity contribution is -0.149. The number of nitrogens with zero attached hydrogens (tertiary/aromatic N) is 1. The summed E-state index contributed by atoms with van der Waals surface area (Å²) in [4.78, 5) is 53.8. The van der Waals surface area contributed by atoms with E-state index in [-0.39, 0.29) is 23.5 Å². The van der Waals surface area contributed by atoms with Crippen molar-refractivity contribution in [2.75, 3.05) is 13.7 Å². The molecule has 11 nitrogen and oxygen atoms in total. The van der Waals surface area contributed by atoms with Crippen molar-refractivity contribution in [1.82, 2.24) is 15.5 Å². The Morgan fingerprint density at radius 2 is 1.55 bits per heavy atom. The number of carbonyl (C=O) groups is 4. The minimum absolute atomic E-state index is 0.0154. The summed E-state index contributed by atoms with van der Waals surface area (Å²) < 4.78 is 10.0. The topological polar surface area (TPSA) is 154 Å². The number of hydrogen-bond donors (Lipinski definition) is 4. The smallest absolute Gasteiger partial charge is 0.408 e. The number of phenolic OH excluding ortho intramolecular Hbond substituents is 2. The molecule has 0 saturated carbocycles. The van der Waals surface area contributed by atoms with Gasteiger partial charge in [0.2, 0.25) is 11.8 Å². The first-order chi connectivity index (χ1) is 18.5. The van der Waals surface area contributed by atoms with E-state index in [1.807, 2.05) is 0 Å². The Balaban J connectivity index is 2.60. The fourth-order valence-corrected chi connectivity index (χ4v) is 3.97. The van der Waals surface area contributed by atoms with Crippen LogP contribution >= 0.6 is 0 Å². The number of benzene rings is 2. The third kappa shape index (κ3) is 9.48.